The zero-order chi connectivity index (χ0) is 24.5. The van der Waals surface area contributed by atoms with Crippen LogP contribution in [0.3, 0.4) is 0 Å². The average molecular weight is 490 g/mol. The number of fused-ring (bicyclic) bond motifs is 1. The van der Waals surface area contributed by atoms with Crippen LogP contribution in [0.15, 0.2) is 79.1 Å². The van der Waals surface area contributed by atoms with Gasteiger partial charge in [-0.05, 0) is 36.2 Å². The molecule has 0 bridgehead atoms. The van der Waals surface area contributed by atoms with Crippen molar-refractivity contribution < 1.29 is 14.5 Å². The number of nitro benzene ring substituents is 1. The lowest BCUT2D eigenvalue weighted by atomic mass is 9.91. The number of carbonyl (C=O) groups is 1. The van der Waals surface area contributed by atoms with E-state index in [2.05, 4.69) is 10.1 Å². The minimum absolute atomic E-state index is 0.163. The fourth-order valence-electron chi connectivity index (χ4n) is 4.49. The molecule has 5 rings (SSSR count). The second kappa shape index (κ2) is 9.19. The molecule has 0 radical (unpaired) electrons. The third-order valence-corrected chi connectivity index (χ3v) is 6.35. The van der Waals surface area contributed by atoms with Gasteiger partial charge in [-0.1, -0.05) is 48.0 Å². The van der Waals surface area contributed by atoms with Crippen molar-refractivity contribution in [2.45, 2.75) is 18.5 Å². The summed E-state index contributed by atoms with van der Waals surface area (Å²) in [6.45, 7) is 0. The van der Waals surface area contributed by atoms with Crippen molar-refractivity contribution in [2.24, 2.45) is 0 Å². The summed E-state index contributed by atoms with van der Waals surface area (Å²) in [7, 11) is 1.61. The zero-order valence-electron chi connectivity index (χ0n) is 18.6. The van der Waals surface area contributed by atoms with Crippen LogP contribution < -0.4 is 9.64 Å². The fourth-order valence-corrected chi connectivity index (χ4v) is 4.61. The zero-order valence-corrected chi connectivity index (χ0v) is 19.4. The molecule has 0 aliphatic carbocycles. The van der Waals surface area contributed by atoms with Gasteiger partial charge in [-0.2, -0.15) is 10.1 Å². The molecule has 35 heavy (non-hydrogen) atoms. The minimum Gasteiger partial charge on any atom is -0.496 e. The van der Waals surface area contributed by atoms with Gasteiger partial charge < -0.3 is 4.74 Å². The van der Waals surface area contributed by atoms with E-state index in [1.54, 1.807) is 34.9 Å². The van der Waals surface area contributed by atoms with Crippen LogP contribution in [0.1, 0.15) is 40.0 Å². The first kappa shape index (κ1) is 22.5. The third-order valence-electron chi connectivity index (χ3n) is 6.10. The molecule has 1 amide bonds. The van der Waals surface area contributed by atoms with Gasteiger partial charge in [0.2, 0.25) is 5.95 Å². The Morgan fingerprint density at radius 3 is 2.60 bits per heavy atom. The number of non-ortho nitro benzene ring substituents is 1. The first-order chi connectivity index (χ1) is 17.0. The van der Waals surface area contributed by atoms with Crippen LogP contribution in [0.25, 0.3) is 0 Å². The van der Waals surface area contributed by atoms with E-state index < -0.39 is 16.9 Å². The van der Waals surface area contributed by atoms with E-state index in [4.69, 9.17) is 16.3 Å². The van der Waals surface area contributed by atoms with E-state index in [1.165, 1.54) is 24.5 Å². The van der Waals surface area contributed by atoms with E-state index in [9.17, 15) is 14.9 Å². The number of ether oxygens (including phenoxy) is 1. The summed E-state index contributed by atoms with van der Waals surface area (Å²) in [5.74, 6) is 0.622. The first-order valence-corrected chi connectivity index (χ1v) is 11.2. The molecule has 0 saturated heterocycles. The molecule has 10 heteroatoms. The maximum absolute atomic E-state index is 13.8. The van der Waals surface area contributed by atoms with Gasteiger partial charge in [0.15, 0.2) is 0 Å². The molecule has 0 spiro atoms. The number of halogens is 1. The summed E-state index contributed by atoms with van der Waals surface area (Å²) in [5.41, 5.74) is 1.78. The minimum atomic E-state index is -0.524. The van der Waals surface area contributed by atoms with Crippen LogP contribution in [0, 0.1) is 10.1 Å². The number of nitrogens with zero attached hydrogens (tertiary/aromatic N) is 5. The van der Waals surface area contributed by atoms with Gasteiger partial charge in [-0.25, -0.2) is 4.68 Å². The van der Waals surface area contributed by atoms with Gasteiger partial charge >= 0.3 is 0 Å². The van der Waals surface area contributed by atoms with Gasteiger partial charge in [-0.3, -0.25) is 19.8 Å². The van der Waals surface area contributed by atoms with E-state index in [-0.39, 0.29) is 17.3 Å². The molecule has 1 aliphatic heterocycles. The predicted molar refractivity (Wildman–Crippen MR) is 130 cm³/mol. The number of benzene rings is 3. The lowest BCUT2D eigenvalue weighted by molar-refractivity contribution is -0.384. The third kappa shape index (κ3) is 4.10. The molecule has 0 unspecified atom stereocenters. The molecule has 2 atom stereocenters. The summed E-state index contributed by atoms with van der Waals surface area (Å²) in [5, 5.41) is 16.3. The molecule has 0 saturated carbocycles. The quantitative estimate of drug-likeness (QED) is 0.281. The van der Waals surface area contributed by atoms with Crippen molar-refractivity contribution >= 4 is 29.1 Å². The number of nitro groups is 1. The maximum atomic E-state index is 13.8. The Kier molecular flexibility index (Phi) is 5.92. The topological polar surface area (TPSA) is 103 Å². The summed E-state index contributed by atoms with van der Waals surface area (Å²) in [6, 6.07) is 19.9. The number of hydrogen-bond donors (Lipinski definition) is 0. The highest BCUT2D eigenvalue weighted by Gasteiger charge is 2.40. The van der Waals surface area contributed by atoms with Crippen molar-refractivity contribution in [1.82, 2.24) is 14.8 Å². The largest absolute Gasteiger partial charge is 0.496 e. The lowest BCUT2D eigenvalue weighted by Gasteiger charge is -2.39. The van der Waals surface area contributed by atoms with E-state index in [0.29, 0.717) is 23.1 Å². The Hall–Kier alpha value is -4.24. The van der Waals surface area contributed by atoms with Crippen molar-refractivity contribution in [3.05, 3.63) is 111 Å². The smallest absolute Gasteiger partial charge is 0.270 e. The monoisotopic (exact) mass is 489 g/mol. The number of methoxy groups -OCH3 is 1. The number of rotatable bonds is 5. The molecule has 1 aliphatic rings. The molecular formula is C25H20ClN5O4. The SMILES string of the molecule is COc1ccccc1[C@H]1C[C@H](c2ccc(Cl)cc2)N(C(=O)c2cccc([N+](=O)[O-])c2)c2ncnn21. The molecule has 2 heterocycles. The number of aromatic nitrogens is 3. The molecule has 9 nitrogen and oxygen atoms in total. The van der Waals surface area contributed by atoms with E-state index >= 15 is 0 Å². The number of anilines is 1. The highest BCUT2D eigenvalue weighted by molar-refractivity contribution is 6.30. The Balaban J connectivity index is 1.66. The predicted octanol–water partition coefficient (Wildman–Crippen LogP) is 5.23. The van der Waals surface area contributed by atoms with Crippen LogP contribution in [0.2, 0.25) is 5.02 Å². The average Bonchev–Trinajstić information content (AvgIpc) is 3.38. The molecule has 1 aromatic heterocycles. The van der Waals surface area contributed by atoms with Crippen LogP contribution in [-0.2, 0) is 0 Å². The Bertz CT molecular complexity index is 1410. The van der Waals surface area contributed by atoms with Gasteiger partial charge in [0.1, 0.15) is 12.1 Å². The van der Waals surface area contributed by atoms with Crippen molar-refractivity contribution in [3.63, 3.8) is 0 Å². The van der Waals surface area contributed by atoms with Crippen molar-refractivity contribution in [1.29, 1.82) is 0 Å². The Labute approximate surface area is 205 Å². The fraction of sp³-hybridized carbons (Fsp3) is 0.160. The number of para-hydroxylation sites is 1. The summed E-state index contributed by atoms with van der Waals surface area (Å²) >= 11 is 6.13. The van der Waals surface area contributed by atoms with E-state index in [0.717, 1.165) is 11.1 Å². The molecular weight excluding hydrogens is 470 g/mol. The van der Waals surface area contributed by atoms with Crippen LogP contribution in [-0.4, -0.2) is 32.7 Å². The Morgan fingerprint density at radius 1 is 1.09 bits per heavy atom. The van der Waals surface area contributed by atoms with Gasteiger partial charge in [0.25, 0.3) is 11.6 Å². The van der Waals surface area contributed by atoms with Crippen LogP contribution in [0.5, 0.6) is 5.75 Å². The van der Waals surface area contributed by atoms with Gasteiger partial charge in [0, 0.05) is 28.3 Å². The molecule has 176 valence electrons. The summed E-state index contributed by atoms with van der Waals surface area (Å²) in [6.07, 6.45) is 1.87. The number of hydrogen-bond acceptors (Lipinski definition) is 6. The second-order valence-corrected chi connectivity index (χ2v) is 8.48. The number of amides is 1. The van der Waals surface area contributed by atoms with E-state index in [1.807, 2.05) is 36.4 Å². The Morgan fingerprint density at radius 2 is 1.86 bits per heavy atom. The molecule has 4 aromatic rings. The molecule has 0 N–H and O–H groups in total. The highest BCUT2D eigenvalue weighted by Crippen LogP contribution is 2.44. The summed E-state index contributed by atoms with van der Waals surface area (Å²) in [4.78, 5) is 30.6. The second-order valence-electron chi connectivity index (χ2n) is 8.05. The maximum Gasteiger partial charge on any atom is 0.270 e. The van der Waals surface area contributed by atoms with Crippen molar-refractivity contribution in [2.75, 3.05) is 12.0 Å². The lowest BCUT2D eigenvalue weighted by Crippen LogP contribution is -2.42. The van der Waals surface area contributed by atoms with Crippen LogP contribution >= 0.6 is 11.6 Å². The normalized spacial score (nSPS) is 17.0. The molecule has 0 fully saturated rings. The van der Waals surface area contributed by atoms with Crippen molar-refractivity contribution in [3.8, 4) is 5.75 Å². The van der Waals surface area contributed by atoms with Gasteiger partial charge in [0.05, 0.1) is 24.1 Å². The van der Waals surface area contributed by atoms with Crippen LogP contribution in [0.4, 0.5) is 11.6 Å². The highest BCUT2D eigenvalue weighted by atomic mass is 35.5. The summed E-state index contributed by atoms with van der Waals surface area (Å²) < 4.78 is 7.30. The number of carbonyl (C=O) groups excluding carboxylic acids is 1. The molecule has 3 aromatic carbocycles. The first-order valence-electron chi connectivity index (χ1n) is 10.8. The van der Waals surface area contributed by atoms with Gasteiger partial charge in [-0.15, -0.1) is 0 Å². The standard InChI is InChI=1S/C25H20ClN5O4/c1-35-23-8-3-2-7-20(23)22-14-21(16-9-11-18(26)12-10-16)29(25-27-15-28-30(22)25)24(32)17-5-4-6-19(13-17)31(33)34/h2-13,15,21-22H,14H2,1H3/t21-,22-/m1/s1.